The van der Waals surface area contributed by atoms with E-state index in [1.807, 2.05) is 0 Å². The lowest BCUT2D eigenvalue weighted by atomic mass is 10.3. The minimum absolute atomic E-state index is 0.0991. The van der Waals surface area contributed by atoms with E-state index in [9.17, 15) is 9.59 Å². The van der Waals surface area contributed by atoms with E-state index in [-0.39, 0.29) is 17.6 Å². The molecule has 0 saturated heterocycles. The van der Waals surface area contributed by atoms with Crippen molar-refractivity contribution >= 4 is 35.0 Å². The fraction of sp³-hybridized carbons (Fsp3) is 0.333. The van der Waals surface area contributed by atoms with Crippen LogP contribution in [0.15, 0.2) is 24.3 Å². The average molecular weight is 268 g/mol. The maximum atomic E-state index is 11.6. The number of rotatable bonds is 6. The maximum Gasteiger partial charge on any atom is 0.315 e. The highest BCUT2D eigenvalue weighted by atomic mass is 32.2. The molecular formula is C12H16N2O3S. The summed E-state index contributed by atoms with van der Waals surface area (Å²) in [6.07, 6.45) is 0.344. The van der Waals surface area contributed by atoms with Crippen LogP contribution in [-0.4, -0.2) is 30.5 Å². The lowest BCUT2D eigenvalue weighted by molar-refractivity contribution is -0.137. The maximum absolute atomic E-state index is 11.6. The highest BCUT2D eigenvalue weighted by Crippen LogP contribution is 2.12. The number of carbonyl (C=O) groups is 2. The summed E-state index contributed by atoms with van der Waals surface area (Å²) in [7, 11) is 1.34. The van der Waals surface area contributed by atoms with Crippen LogP contribution >= 0.6 is 11.8 Å². The minimum Gasteiger partial charge on any atom is -0.468 e. The van der Waals surface area contributed by atoms with Crippen molar-refractivity contribution in [3.8, 4) is 0 Å². The third kappa shape index (κ3) is 5.58. The molecule has 6 heteroatoms. The lowest BCUT2D eigenvalue weighted by Gasteiger charge is -2.05. The normalized spacial score (nSPS) is 9.83. The van der Waals surface area contributed by atoms with Gasteiger partial charge in [0.2, 0.25) is 5.91 Å². The first-order valence-corrected chi connectivity index (χ1v) is 6.57. The number of ether oxygens (including phenoxy) is 1. The zero-order valence-electron chi connectivity index (χ0n) is 10.1. The smallest absolute Gasteiger partial charge is 0.315 e. The number of methoxy groups -OCH3 is 1. The van der Waals surface area contributed by atoms with Gasteiger partial charge in [0.1, 0.15) is 0 Å². The van der Waals surface area contributed by atoms with Crippen molar-refractivity contribution in [2.45, 2.75) is 6.42 Å². The van der Waals surface area contributed by atoms with Crippen LogP contribution in [0.4, 0.5) is 11.4 Å². The lowest BCUT2D eigenvalue weighted by Crippen LogP contribution is -2.13. The number of carbonyl (C=O) groups excluding carboxylic acids is 2. The second kappa shape index (κ2) is 7.60. The Labute approximate surface area is 110 Å². The van der Waals surface area contributed by atoms with Crippen molar-refractivity contribution in [3.05, 3.63) is 24.3 Å². The zero-order valence-corrected chi connectivity index (χ0v) is 11.0. The molecule has 0 aromatic heterocycles. The van der Waals surface area contributed by atoms with E-state index in [1.54, 1.807) is 24.3 Å². The van der Waals surface area contributed by atoms with Crippen LogP contribution in [0.3, 0.4) is 0 Å². The highest BCUT2D eigenvalue weighted by molar-refractivity contribution is 7.99. The van der Waals surface area contributed by atoms with Crippen LogP contribution < -0.4 is 11.1 Å². The van der Waals surface area contributed by atoms with Gasteiger partial charge in [0.25, 0.3) is 0 Å². The van der Waals surface area contributed by atoms with E-state index in [0.29, 0.717) is 23.5 Å². The number of hydrogen-bond acceptors (Lipinski definition) is 5. The molecule has 0 bridgehead atoms. The second-order valence-electron chi connectivity index (χ2n) is 3.55. The van der Waals surface area contributed by atoms with Crippen molar-refractivity contribution in [1.82, 2.24) is 0 Å². The summed E-state index contributed by atoms with van der Waals surface area (Å²) in [5.41, 5.74) is 6.88. The largest absolute Gasteiger partial charge is 0.468 e. The molecular weight excluding hydrogens is 252 g/mol. The van der Waals surface area contributed by atoms with Crippen LogP contribution in [0.25, 0.3) is 0 Å². The van der Waals surface area contributed by atoms with Gasteiger partial charge in [-0.3, -0.25) is 9.59 Å². The SMILES string of the molecule is COC(=O)CSCCC(=O)Nc1cccc(N)c1. The standard InChI is InChI=1S/C12H16N2O3S/c1-17-12(16)8-18-6-5-11(15)14-10-4-2-3-9(13)7-10/h2-4,7H,5-6,8,13H2,1H3,(H,14,15). The van der Waals surface area contributed by atoms with Gasteiger partial charge in [-0.15, -0.1) is 11.8 Å². The Hall–Kier alpha value is -1.69. The molecule has 98 valence electrons. The van der Waals surface area contributed by atoms with E-state index >= 15 is 0 Å². The molecule has 0 unspecified atom stereocenters. The zero-order chi connectivity index (χ0) is 13.4. The number of esters is 1. The Morgan fingerprint density at radius 2 is 2.22 bits per heavy atom. The van der Waals surface area contributed by atoms with Crippen LogP contribution in [-0.2, 0) is 14.3 Å². The Bertz CT molecular complexity index is 424. The summed E-state index contributed by atoms with van der Waals surface area (Å²) in [6, 6.07) is 6.99. The van der Waals surface area contributed by atoms with E-state index in [4.69, 9.17) is 5.73 Å². The van der Waals surface area contributed by atoms with Crippen LogP contribution in [0.5, 0.6) is 0 Å². The summed E-state index contributed by atoms with van der Waals surface area (Å²) < 4.78 is 4.49. The van der Waals surface area contributed by atoms with Gasteiger partial charge >= 0.3 is 5.97 Å². The highest BCUT2D eigenvalue weighted by Gasteiger charge is 2.04. The van der Waals surface area contributed by atoms with Crippen LogP contribution in [0.2, 0.25) is 0 Å². The average Bonchev–Trinajstić information content (AvgIpc) is 2.34. The molecule has 0 aliphatic heterocycles. The molecule has 18 heavy (non-hydrogen) atoms. The van der Waals surface area contributed by atoms with Gasteiger partial charge in [-0.25, -0.2) is 0 Å². The first-order valence-electron chi connectivity index (χ1n) is 5.42. The van der Waals surface area contributed by atoms with E-state index in [2.05, 4.69) is 10.1 Å². The van der Waals surface area contributed by atoms with E-state index in [0.717, 1.165) is 0 Å². The number of hydrogen-bond donors (Lipinski definition) is 2. The monoisotopic (exact) mass is 268 g/mol. The third-order valence-electron chi connectivity index (χ3n) is 2.09. The molecule has 1 aromatic carbocycles. The first kappa shape index (κ1) is 14.4. The summed E-state index contributed by atoms with van der Waals surface area (Å²) in [6.45, 7) is 0. The Kier molecular flexibility index (Phi) is 6.07. The Morgan fingerprint density at radius 3 is 2.89 bits per heavy atom. The molecule has 0 fully saturated rings. The van der Waals surface area contributed by atoms with Gasteiger partial charge in [-0.2, -0.15) is 0 Å². The fourth-order valence-corrected chi connectivity index (χ4v) is 1.98. The Balaban J connectivity index is 2.24. The van der Waals surface area contributed by atoms with Crippen molar-refractivity contribution in [3.63, 3.8) is 0 Å². The molecule has 0 radical (unpaired) electrons. The minimum atomic E-state index is -0.281. The fourth-order valence-electron chi connectivity index (χ4n) is 1.22. The summed E-state index contributed by atoms with van der Waals surface area (Å²) >= 11 is 1.37. The van der Waals surface area contributed by atoms with Gasteiger partial charge in [0, 0.05) is 23.5 Å². The topological polar surface area (TPSA) is 81.4 Å². The molecule has 1 aromatic rings. The van der Waals surface area contributed by atoms with E-state index < -0.39 is 0 Å². The quantitative estimate of drug-likeness (QED) is 0.464. The number of benzene rings is 1. The summed E-state index contributed by atoms with van der Waals surface area (Å²) in [5.74, 6) is 0.458. The van der Waals surface area contributed by atoms with Gasteiger partial charge in [0.15, 0.2) is 0 Å². The number of anilines is 2. The van der Waals surface area contributed by atoms with Crippen LogP contribution in [0.1, 0.15) is 6.42 Å². The second-order valence-corrected chi connectivity index (χ2v) is 4.66. The van der Waals surface area contributed by atoms with E-state index in [1.165, 1.54) is 18.9 Å². The molecule has 0 heterocycles. The number of nitrogen functional groups attached to an aromatic ring is 1. The predicted molar refractivity (Wildman–Crippen MR) is 73.4 cm³/mol. The molecule has 1 rings (SSSR count). The van der Waals surface area contributed by atoms with Crippen molar-refractivity contribution in [2.75, 3.05) is 29.7 Å². The van der Waals surface area contributed by atoms with Crippen molar-refractivity contribution < 1.29 is 14.3 Å². The molecule has 5 nitrogen and oxygen atoms in total. The summed E-state index contributed by atoms with van der Waals surface area (Å²) in [4.78, 5) is 22.4. The molecule has 0 aliphatic rings. The molecule has 1 amide bonds. The molecule has 0 aliphatic carbocycles. The van der Waals surface area contributed by atoms with Crippen LogP contribution in [0, 0.1) is 0 Å². The molecule has 0 saturated carbocycles. The summed E-state index contributed by atoms with van der Waals surface area (Å²) in [5, 5.41) is 2.74. The number of nitrogens with two attached hydrogens (primary N) is 1. The first-order chi connectivity index (χ1) is 8.61. The van der Waals surface area contributed by atoms with Gasteiger partial charge < -0.3 is 15.8 Å². The predicted octanol–water partition coefficient (Wildman–Crippen LogP) is 1.50. The number of nitrogens with one attached hydrogen (secondary N) is 1. The molecule has 3 N–H and O–H groups in total. The van der Waals surface area contributed by atoms with Gasteiger partial charge in [-0.05, 0) is 18.2 Å². The van der Waals surface area contributed by atoms with Gasteiger partial charge in [-0.1, -0.05) is 6.07 Å². The van der Waals surface area contributed by atoms with Crippen molar-refractivity contribution in [1.29, 1.82) is 0 Å². The Morgan fingerprint density at radius 1 is 1.44 bits per heavy atom. The molecule has 0 spiro atoms. The number of amides is 1. The van der Waals surface area contributed by atoms with Crippen molar-refractivity contribution in [2.24, 2.45) is 0 Å². The number of thioether (sulfide) groups is 1. The third-order valence-corrected chi connectivity index (χ3v) is 3.02. The molecule has 0 atom stereocenters. The van der Waals surface area contributed by atoms with Gasteiger partial charge in [0.05, 0.1) is 12.9 Å².